The minimum absolute atomic E-state index is 0.297. The zero-order chi connectivity index (χ0) is 17.7. The Morgan fingerprint density at radius 1 is 1.00 bits per heavy atom. The summed E-state index contributed by atoms with van der Waals surface area (Å²) in [5.74, 6) is 0.929. The number of H-pyrrole nitrogens is 1. The molecule has 5 rings (SSSR count). The number of benzene rings is 2. The number of fused-ring (bicyclic) bond motifs is 2. The third kappa shape index (κ3) is 2.12. The Kier molecular flexibility index (Phi) is 2.99. The molecule has 3 heterocycles. The third-order valence-corrected chi connectivity index (χ3v) is 4.28. The van der Waals surface area contributed by atoms with Gasteiger partial charge in [0.15, 0.2) is 5.65 Å². The third-order valence-electron chi connectivity index (χ3n) is 4.28. The zero-order valence-electron chi connectivity index (χ0n) is 13.9. The van der Waals surface area contributed by atoms with Crippen LogP contribution in [0.4, 0.5) is 5.95 Å². The van der Waals surface area contributed by atoms with E-state index >= 15 is 0 Å². The van der Waals surface area contributed by atoms with Crippen LogP contribution in [0.2, 0.25) is 0 Å². The Bertz CT molecular complexity index is 1250. The van der Waals surface area contributed by atoms with E-state index < -0.39 is 0 Å². The van der Waals surface area contributed by atoms with Crippen molar-refractivity contribution in [1.82, 2.24) is 35.0 Å². The van der Waals surface area contributed by atoms with Gasteiger partial charge in [-0.3, -0.25) is 5.10 Å². The van der Waals surface area contributed by atoms with Crippen LogP contribution in [0, 0.1) is 6.92 Å². The molecular formula is C18H14N8. The summed E-state index contributed by atoms with van der Waals surface area (Å²) in [4.78, 5) is 9.22. The standard InChI is InChI=1S/C18H14N8/c1-10-20-17-15(12-7-8-13-14(9-12)23-25-22-13)16(11-5-3-2-4-6-11)21-18(19)26(17)24-10/h2-9H,1H3,(H2,19,21)(H,22,23,25). The Morgan fingerprint density at radius 3 is 2.69 bits per heavy atom. The van der Waals surface area contributed by atoms with Gasteiger partial charge in [0.2, 0.25) is 5.95 Å². The molecule has 3 aromatic heterocycles. The van der Waals surface area contributed by atoms with Crippen LogP contribution in [-0.4, -0.2) is 35.0 Å². The number of aromatic nitrogens is 7. The highest BCUT2D eigenvalue weighted by Gasteiger charge is 2.19. The minimum atomic E-state index is 0.297. The number of nitrogen functional groups attached to an aromatic ring is 1. The lowest BCUT2D eigenvalue weighted by Gasteiger charge is -2.12. The molecule has 0 aliphatic carbocycles. The maximum atomic E-state index is 6.15. The average Bonchev–Trinajstić information content (AvgIpc) is 3.28. The van der Waals surface area contributed by atoms with E-state index in [0.29, 0.717) is 17.4 Å². The molecule has 5 aromatic rings. The summed E-state index contributed by atoms with van der Waals surface area (Å²) in [5, 5.41) is 15.2. The van der Waals surface area contributed by atoms with E-state index in [1.807, 2.05) is 55.5 Å². The number of rotatable bonds is 2. The molecule has 0 saturated heterocycles. The maximum Gasteiger partial charge on any atom is 0.223 e. The van der Waals surface area contributed by atoms with Crippen LogP contribution < -0.4 is 5.73 Å². The zero-order valence-corrected chi connectivity index (χ0v) is 13.9. The Labute approximate surface area is 147 Å². The van der Waals surface area contributed by atoms with E-state index in [9.17, 15) is 0 Å². The normalized spacial score (nSPS) is 11.4. The Balaban J connectivity index is 1.90. The van der Waals surface area contributed by atoms with Crippen LogP contribution in [-0.2, 0) is 0 Å². The number of hydrogen-bond donors (Lipinski definition) is 2. The largest absolute Gasteiger partial charge is 0.368 e. The number of anilines is 1. The van der Waals surface area contributed by atoms with Gasteiger partial charge < -0.3 is 5.73 Å². The molecule has 8 nitrogen and oxygen atoms in total. The molecule has 0 radical (unpaired) electrons. The lowest BCUT2D eigenvalue weighted by molar-refractivity contribution is 0.917. The monoisotopic (exact) mass is 342 g/mol. The number of nitrogens with zero attached hydrogens (tertiary/aromatic N) is 6. The molecule has 0 bridgehead atoms. The van der Waals surface area contributed by atoms with Crippen LogP contribution in [0.3, 0.4) is 0 Å². The molecule has 26 heavy (non-hydrogen) atoms. The lowest BCUT2D eigenvalue weighted by atomic mass is 9.99. The molecule has 0 saturated carbocycles. The molecule has 0 aliphatic heterocycles. The predicted octanol–water partition coefficient (Wildman–Crippen LogP) is 2.62. The van der Waals surface area contributed by atoms with Crippen molar-refractivity contribution in [3.05, 3.63) is 54.4 Å². The number of aryl methyl sites for hydroxylation is 1. The van der Waals surface area contributed by atoms with Gasteiger partial charge in [-0.25, -0.2) is 9.97 Å². The summed E-state index contributed by atoms with van der Waals surface area (Å²) in [6.07, 6.45) is 0. The molecule has 126 valence electrons. The summed E-state index contributed by atoms with van der Waals surface area (Å²) >= 11 is 0. The molecular weight excluding hydrogens is 328 g/mol. The van der Waals surface area contributed by atoms with Gasteiger partial charge in [-0.1, -0.05) is 41.6 Å². The molecule has 0 unspecified atom stereocenters. The maximum absolute atomic E-state index is 6.15. The molecule has 0 aliphatic rings. The van der Waals surface area contributed by atoms with Crippen molar-refractivity contribution in [3.63, 3.8) is 0 Å². The predicted molar refractivity (Wildman–Crippen MR) is 98.3 cm³/mol. The van der Waals surface area contributed by atoms with E-state index in [0.717, 1.165) is 33.4 Å². The molecule has 0 atom stereocenters. The molecule has 3 N–H and O–H groups in total. The van der Waals surface area contributed by atoms with Crippen molar-refractivity contribution in [2.45, 2.75) is 6.92 Å². The van der Waals surface area contributed by atoms with Gasteiger partial charge >= 0.3 is 0 Å². The fourth-order valence-corrected chi connectivity index (χ4v) is 3.13. The molecule has 0 fully saturated rings. The van der Waals surface area contributed by atoms with Gasteiger partial charge in [-0.15, -0.1) is 10.2 Å². The van der Waals surface area contributed by atoms with Gasteiger partial charge in [0.25, 0.3) is 0 Å². The number of nitrogens with one attached hydrogen (secondary N) is 1. The topological polar surface area (TPSA) is 111 Å². The van der Waals surface area contributed by atoms with Crippen molar-refractivity contribution in [3.8, 4) is 22.4 Å². The van der Waals surface area contributed by atoms with Crippen LogP contribution in [0.15, 0.2) is 48.5 Å². The van der Waals surface area contributed by atoms with Crippen molar-refractivity contribution in [2.75, 3.05) is 5.73 Å². The van der Waals surface area contributed by atoms with E-state index in [4.69, 9.17) is 5.73 Å². The first kappa shape index (κ1) is 14.5. The van der Waals surface area contributed by atoms with E-state index in [-0.39, 0.29) is 0 Å². The summed E-state index contributed by atoms with van der Waals surface area (Å²) in [5.41, 5.74) is 11.9. The number of hydrogen-bond acceptors (Lipinski definition) is 6. The SMILES string of the molecule is Cc1nc2c(-c3ccc4[nH]nnc4c3)c(-c3ccccc3)nc(N)n2n1. The molecule has 0 spiro atoms. The molecule has 0 amide bonds. The Hall–Kier alpha value is -3.81. The fraction of sp³-hybridized carbons (Fsp3) is 0.0556. The van der Waals surface area contributed by atoms with Crippen molar-refractivity contribution < 1.29 is 0 Å². The van der Waals surface area contributed by atoms with Crippen molar-refractivity contribution >= 4 is 22.6 Å². The minimum Gasteiger partial charge on any atom is -0.368 e. The first-order valence-electron chi connectivity index (χ1n) is 8.10. The second kappa shape index (κ2) is 5.35. The Morgan fingerprint density at radius 2 is 1.85 bits per heavy atom. The second-order valence-corrected chi connectivity index (χ2v) is 6.00. The average molecular weight is 342 g/mol. The van der Waals surface area contributed by atoms with Crippen molar-refractivity contribution in [2.24, 2.45) is 0 Å². The van der Waals surface area contributed by atoms with Crippen LogP contribution in [0.25, 0.3) is 39.1 Å². The summed E-state index contributed by atoms with van der Waals surface area (Å²) in [6, 6.07) is 15.8. The first-order chi connectivity index (χ1) is 12.7. The molecule has 2 aromatic carbocycles. The lowest BCUT2D eigenvalue weighted by Crippen LogP contribution is -2.05. The van der Waals surface area contributed by atoms with Gasteiger partial charge in [-0.05, 0) is 24.6 Å². The van der Waals surface area contributed by atoms with Gasteiger partial charge in [0.05, 0.1) is 16.8 Å². The number of aromatic amines is 1. The second-order valence-electron chi connectivity index (χ2n) is 6.00. The molecule has 8 heteroatoms. The van der Waals surface area contributed by atoms with Crippen LogP contribution in [0.5, 0.6) is 0 Å². The summed E-state index contributed by atoms with van der Waals surface area (Å²) in [7, 11) is 0. The van der Waals surface area contributed by atoms with E-state index in [1.54, 1.807) is 4.52 Å². The summed E-state index contributed by atoms with van der Waals surface area (Å²) in [6.45, 7) is 1.83. The van der Waals surface area contributed by atoms with Gasteiger partial charge in [-0.2, -0.15) is 4.52 Å². The van der Waals surface area contributed by atoms with Crippen LogP contribution >= 0.6 is 0 Å². The van der Waals surface area contributed by atoms with E-state index in [2.05, 4.69) is 30.5 Å². The smallest absolute Gasteiger partial charge is 0.223 e. The summed E-state index contributed by atoms with van der Waals surface area (Å²) < 4.78 is 1.57. The van der Waals surface area contributed by atoms with Gasteiger partial charge in [0, 0.05) is 5.56 Å². The quantitative estimate of drug-likeness (QED) is 0.510. The highest BCUT2D eigenvalue weighted by Crippen LogP contribution is 2.35. The van der Waals surface area contributed by atoms with E-state index in [1.165, 1.54) is 0 Å². The first-order valence-corrected chi connectivity index (χ1v) is 8.10. The van der Waals surface area contributed by atoms with Crippen LogP contribution in [0.1, 0.15) is 5.82 Å². The fourth-order valence-electron chi connectivity index (χ4n) is 3.13. The number of nitrogens with two attached hydrogens (primary N) is 1. The highest BCUT2D eigenvalue weighted by molar-refractivity contribution is 5.93. The highest BCUT2D eigenvalue weighted by atomic mass is 15.3. The van der Waals surface area contributed by atoms with Crippen molar-refractivity contribution in [1.29, 1.82) is 0 Å². The van der Waals surface area contributed by atoms with Gasteiger partial charge in [0.1, 0.15) is 11.3 Å².